The molecule has 20 heavy (non-hydrogen) atoms. The number of phenolic OH excluding ortho intramolecular Hbond substituents is 1. The summed E-state index contributed by atoms with van der Waals surface area (Å²) >= 11 is 0. The minimum absolute atomic E-state index is 0.0868. The lowest BCUT2D eigenvalue weighted by molar-refractivity contribution is 0.468. The van der Waals surface area contributed by atoms with Gasteiger partial charge in [0.1, 0.15) is 11.1 Å². The second-order valence-electron chi connectivity index (χ2n) is 5.22. The normalized spacial score (nSPS) is 18.8. The van der Waals surface area contributed by atoms with Gasteiger partial charge in [0.05, 0.1) is 5.52 Å². The van der Waals surface area contributed by atoms with Crippen LogP contribution in [0.5, 0.6) is 5.75 Å². The summed E-state index contributed by atoms with van der Waals surface area (Å²) in [6, 6.07) is 4.89. The van der Waals surface area contributed by atoms with E-state index in [2.05, 4.69) is 5.32 Å². The van der Waals surface area contributed by atoms with E-state index in [0.29, 0.717) is 12.1 Å². The Labute approximate surface area is 115 Å². The highest BCUT2D eigenvalue weighted by atomic mass is 16.3. The number of phenols is 1. The lowest BCUT2D eigenvalue weighted by Crippen LogP contribution is -2.43. The number of benzene rings is 1. The Morgan fingerprint density at radius 3 is 2.90 bits per heavy atom. The van der Waals surface area contributed by atoms with E-state index < -0.39 is 5.56 Å². The Morgan fingerprint density at radius 2 is 2.20 bits per heavy atom. The first-order valence-electron chi connectivity index (χ1n) is 6.74. The number of rotatable bonds is 2. The molecule has 1 aliphatic rings. The Hall–Kier alpha value is -2.08. The largest absolute Gasteiger partial charge is 0.507 e. The summed E-state index contributed by atoms with van der Waals surface area (Å²) in [5.74, 6) is -0.0868. The third-order valence-corrected chi connectivity index (χ3v) is 3.92. The van der Waals surface area contributed by atoms with Gasteiger partial charge in [-0.15, -0.1) is 0 Å². The van der Waals surface area contributed by atoms with E-state index in [0.717, 1.165) is 19.4 Å². The maximum Gasteiger partial charge on any atom is 0.331 e. The van der Waals surface area contributed by atoms with E-state index in [4.69, 9.17) is 0 Å². The van der Waals surface area contributed by atoms with Gasteiger partial charge >= 0.3 is 5.69 Å². The van der Waals surface area contributed by atoms with Crippen LogP contribution in [0.15, 0.2) is 27.8 Å². The maximum absolute atomic E-state index is 12.5. The predicted octanol–water partition coefficient (Wildman–Crippen LogP) is 0.158. The zero-order valence-electron chi connectivity index (χ0n) is 11.3. The van der Waals surface area contributed by atoms with Crippen LogP contribution in [0.3, 0.4) is 0 Å². The molecule has 106 valence electrons. The van der Waals surface area contributed by atoms with Gasteiger partial charge in [-0.05, 0) is 31.5 Å². The highest BCUT2D eigenvalue weighted by molar-refractivity contribution is 5.84. The molecular weight excluding hydrogens is 258 g/mol. The summed E-state index contributed by atoms with van der Waals surface area (Å²) in [5.41, 5.74) is -0.313. The molecule has 0 amide bonds. The van der Waals surface area contributed by atoms with E-state index in [-0.39, 0.29) is 22.9 Å². The van der Waals surface area contributed by atoms with Crippen molar-refractivity contribution in [3.8, 4) is 5.75 Å². The van der Waals surface area contributed by atoms with E-state index >= 15 is 0 Å². The second-order valence-corrected chi connectivity index (χ2v) is 5.22. The van der Waals surface area contributed by atoms with Crippen LogP contribution in [0.4, 0.5) is 0 Å². The van der Waals surface area contributed by atoms with Gasteiger partial charge < -0.3 is 10.4 Å². The Balaban J connectivity index is 2.24. The third kappa shape index (κ3) is 1.92. The molecule has 1 aliphatic heterocycles. The van der Waals surface area contributed by atoms with Crippen molar-refractivity contribution < 1.29 is 5.11 Å². The van der Waals surface area contributed by atoms with Gasteiger partial charge in [0.25, 0.3) is 5.56 Å². The number of hydrogen-bond donors (Lipinski definition) is 2. The van der Waals surface area contributed by atoms with Crippen LogP contribution in [0, 0.1) is 0 Å². The molecule has 6 heteroatoms. The fourth-order valence-corrected chi connectivity index (χ4v) is 2.83. The first-order chi connectivity index (χ1) is 9.59. The van der Waals surface area contributed by atoms with Gasteiger partial charge in [0.2, 0.25) is 0 Å². The molecule has 6 nitrogen and oxygen atoms in total. The van der Waals surface area contributed by atoms with Crippen LogP contribution in [-0.2, 0) is 13.6 Å². The van der Waals surface area contributed by atoms with E-state index in [1.54, 1.807) is 19.2 Å². The molecule has 1 atom stereocenters. The molecule has 2 heterocycles. The minimum Gasteiger partial charge on any atom is -0.507 e. The topological polar surface area (TPSA) is 76.3 Å². The first kappa shape index (κ1) is 12.9. The first-order valence-corrected chi connectivity index (χ1v) is 6.74. The Bertz CT molecular complexity index is 770. The van der Waals surface area contributed by atoms with Gasteiger partial charge in [-0.25, -0.2) is 4.79 Å². The SMILES string of the molecule is Cn1c(=O)n(CC2CCCN2)c(=O)c2c(O)cccc21. The molecule has 3 rings (SSSR count). The number of hydrogen-bond acceptors (Lipinski definition) is 4. The van der Waals surface area contributed by atoms with Gasteiger partial charge in [-0.2, -0.15) is 0 Å². The summed E-state index contributed by atoms with van der Waals surface area (Å²) in [7, 11) is 1.61. The van der Waals surface area contributed by atoms with Crippen LogP contribution in [0.2, 0.25) is 0 Å². The van der Waals surface area contributed by atoms with Crippen molar-refractivity contribution in [2.24, 2.45) is 7.05 Å². The molecule has 1 fully saturated rings. The molecule has 1 saturated heterocycles. The van der Waals surface area contributed by atoms with Crippen molar-refractivity contribution in [2.75, 3.05) is 6.54 Å². The quantitative estimate of drug-likeness (QED) is 0.818. The highest BCUT2D eigenvalue weighted by Crippen LogP contribution is 2.19. The van der Waals surface area contributed by atoms with Gasteiger partial charge in [0.15, 0.2) is 0 Å². The van der Waals surface area contributed by atoms with E-state index in [9.17, 15) is 14.7 Å². The van der Waals surface area contributed by atoms with Crippen LogP contribution >= 0.6 is 0 Å². The fourth-order valence-electron chi connectivity index (χ4n) is 2.83. The van der Waals surface area contributed by atoms with Crippen molar-refractivity contribution in [3.63, 3.8) is 0 Å². The number of fused-ring (bicyclic) bond motifs is 1. The molecule has 0 radical (unpaired) electrons. The number of nitrogens with one attached hydrogen (secondary N) is 1. The summed E-state index contributed by atoms with van der Waals surface area (Å²) in [6.45, 7) is 1.26. The molecule has 0 spiro atoms. The molecule has 0 aliphatic carbocycles. The van der Waals surface area contributed by atoms with Gasteiger partial charge in [0, 0.05) is 19.6 Å². The highest BCUT2D eigenvalue weighted by Gasteiger charge is 2.19. The molecule has 2 N–H and O–H groups in total. The zero-order chi connectivity index (χ0) is 14.3. The average Bonchev–Trinajstić information content (AvgIpc) is 2.94. The summed E-state index contributed by atoms with van der Waals surface area (Å²) in [5, 5.41) is 13.4. The third-order valence-electron chi connectivity index (χ3n) is 3.92. The van der Waals surface area contributed by atoms with Crippen LogP contribution in [0.1, 0.15) is 12.8 Å². The van der Waals surface area contributed by atoms with Crippen LogP contribution in [0.25, 0.3) is 10.9 Å². The predicted molar refractivity (Wildman–Crippen MR) is 76.1 cm³/mol. The molecule has 0 bridgehead atoms. The van der Waals surface area contributed by atoms with Gasteiger partial charge in [-0.1, -0.05) is 6.07 Å². The number of aromatic hydroxyl groups is 1. The molecule has 1 aromatic carbocycles. The zero-order valence-corrected chi connectivity index (χ0v) is 11.3. The minimum atomic E-state index is -0.421. The molecule has 1 unspecified atom stereocenters. The molecular formula is C14H17N3O3. The van der Waals surface area contributed by atoms with E-state index in [1.165, 1.54) is 15.2 Å². The Kier molecular flexibility index (Phi) is 3.10. The van der Waals surface area contributed by atoms with Crippen molar-refractivity contribution in [1.82, 2.24) is 14.5 Å². The second kappa shape index (κ2) is 4.79. The molecule has 2 aromatic rings. The van der Waals surface area contributed by atoms with Crippen LogP contribution < -0.4 is 16.6 Å². The van der Waals surface area contributed by atoms with Crippen molar-refractivity contribution in [2.45, 2.75) is 25.4 Å². The Morgan fingerprint density at radius 1 is 1.40 bits per heavy atom. The standard InChI is InChI=1S/C14H17N3O3/c1-16-10-5-2-6-11(18)12(10)13(19)17(14(16)20)8-9-4-3-7-15-9/h2,5-6,9,15,18H,3-4,7-8H2,1H3. The lowest BCUT2D eigenvalue weighted by Gasteiger charge is -2.15. The molecule has 1 aromatic heterocycles. The molecule has 0 saturated carbocycles. The summed E-state index contributed by atoms with van der Waals surface area (Å²) in [4.78, 5) is 24.8. The smallest absolute Gasteiger partial charge is 0.331 e. The van der Waals surface area contributed by atoms with Crippen molar-refractivity contribution in [1.29, 1.82) is 0 Å². The van der Waals surface area contributed by atoms with Gasteiger partial charge in [-0.3, -0.25) is 13.9 Å². The summed E-state index contributed by atoms with van der Waals surface area (Å²) < 4.78 is 2.62. The average molecular weight is 275 g/mol. The number of aryl methyl sites for hydroxylation is 1. The van der Waals surface area contributed by atoms with Crippen LogP contribution in [-0.4, -0.2) is 26.8 Å². The number of aromatic nitrogens is 2. The lowest BCUT2D eigenvalue weighted by atomic mass is 10.2. The van der Waals surface area contributed by atoms with Crippen molar-refractivity contribution >= 4 is 10.9 Å². The van der Waals surface area contributed by atoms with Crippen molar-refractivity contribution in [3.05, 3.63) is 39.0 Å². The fraction of sp³-hybridized carbons (Fsp3) is 0.429. The van der Waals surface area contributed by atoms with E-state index in [1.807, 2.05) is 0 Å². The monoisotopic (exact) mass is 275 g/mol. The maximum atomic E-state index is 12.5. The summed E-state index contributed by atoms with van der Waals surface area (Å²) in [6.07, 6.45) is 2.01. The number of nitrogens with zero attached hydrogens (tertiary/aromatic N) is 2.